The van der Waals surface area contributed by atoms with Gasteiger partial charge in [0.1, 0.15) is 5.82 Å². The molecule has 8 nitrogen and oxygen atoms in total. The molecular formula is C17H29N5O3. The van der Waals surface area contributed by atoms with Crippen LogP contribution in [0.2, 0.25) is 0 Å². The normalized spacial score (nSPS) is 21.4. The van der Waals surface area contributed by atoms with Crippen molar-refractivity contribution >= 4 is 17.7 Å². The lowest BCUT2D eigenvalue weighted by atomic mass is 9.94. The van der Waals surface area contributed by atoms with E-state index in [9.17, 15) is 9.90 Å². The van der Waals surface area contributed by atoms with E-state index in [0.29, 0.717) is 31.7 Å². The summed E-state index contributed by atoms with van der Waals surface area (Å²) in [6.45, 7) is 3.86. The highest BCUT2D eigenvalue weighted by Gasteiger charge is 2.32. The summed E-state index contributed by atoms with van der Waals surface area (Å²) in [6.07, 6.45) is 2.60. The SMILES string of the molecule is Cc1nc(N)nc(N2CCCC(O)(CN(C)C)CC2)c1CCC(=O)O. The highest BCUT2D eigenvalue weighted by atomic mass is 16.4. The third-order valence-corrected chi connectivity index (χ3v) is 4.63. The molecule has 0 aliphatic carbocycles. The molecule has 2 heterocycles. The molecule has 0 spiro atoms. The lowest BCUT2D eigenvalue weighted by molar-refractivity contribution is -0.136. The molecule has 1 fully saturated rings. The number of carboxylic acid groups (broad SMARTS) is 1. The topological polar surface area (TPSA) is 116 Å². The molecule has 0 radical (unpaired) electrons. The molecule has 25 heavy (non-hydrogen) atoms. The Morgan fingerprint density at radius 1 is 1.32 bits per heavy atom. The van der Waals surface area contributed by atoms with Crippen LogP contribution in [0.4, 0.5) is 11.8 Å². The summed E-state index contributed by atoms with van der Waals surface area (Å²) >= 11 is 0. The summed E-state index contributed by atoms with van der Waals surface area (Å²) in [6, 6.07) is 0. The van der Waals surface area contributed by atoms with Crippen molar-refractivity contribution in [2.75, 3.05) is 44.4 Å². The van der Waals surface area contributed by atoms with Crippen molar-refractivity contribution in [3.05, 3.63) is 11.3 Å². The molecule has 1 saturated heterocycles. The average Bonchev–Trinajstić information content (AvgIpc) is 2.66. The van der Waals surface area contributed by atoms with Crippen LogP contribution < -0.4 is 10.6 Å². The molecule has 1 aliphatic rings. The highest BCUT2D eigenvalue weighted by molar-refractivity contribution is 5.68. The zero-order chi connectivity index (χ0) is 18.6. The van der Waals surface area contributed by atoms with E-state index >= 15 is 0 Å². The second-order valence-electron chi connectivity index (χ2n) is 7.17. The minimum absolute atomic E-state index is 0.0273. The fourth-order valence-corrected chi connectivity index (χ4v) is 3.53. The lowest BCUT2D eigenvalue weighted by Gasteiger charge is -2.30. The Morgan fingerprint density at radius 2 is 2.04 bits per heavy atom. The minimum atomic E-state index is -0.849. The summed E-state index contributed by atoms with van der Waals surface area (Å²) < 4.78 is 0. The molecule has 8 heteroatoms. The Kier molecular flexibility index (Phi) is 6.18. The van der Waals surface area contributed by atoms with Gasteiger partial charge in [0.25, 0.3) is 0 Å². The van der Waals surface area contributed by atoms with Gasteiger partial charge in [-0.2, -0.15) is 4.98 Å². The number of nitrogens with zero attached hydrogens (tertiary/aromatic N) is 4. The number of carboxylic acids is 1. The van der Waals surface area contributed by atoms with E-state index in [1.54, 1.807) is 0 Å². The van der Waals surface area contributed by atoms with Gasteiger partial charge < -0.3 is 25.7 Å². The van der Waals surface area contributed by atoms with E-state index in [1.807, 2.05) is 25.9 Å². The van der Waals surface area contributed by atoms with Gasteiger partial charge in [0, 0.05) is 37.3 Å². The number of anilines is 2. The highest BCUT2D eigenvalue weighted by Crippen LogP contribution is 2.29. The molecule has 1 aromatic heterocycles. The predicted octanol–water partition coefficient (Wildman–Crippen LogP) is 0.667. The first-order valence-corrected chi connectivity index (χ1v) is 8.67. The number of hydrogen-bond donors (Lipinski definition) is 3. The van der Waals surface area contributed by atoms with Gasteiger partial charge >= 0.3 is 5.97 Å². The van der Waals surface area contributed by atoms with Gasteiger partial charge in [0.2, 0.25) is 5.95 Å². The Bertz CT molecular complexity index is 623. The number of aliphatic carboxylic acids is 1. The van der Waals surface area contributed by atoms with Crippen LogP contribution in [0.15, 0.2) is 0 Å². The maximum atomic E-state index is 11.0. The van der Waals surface area contributed by atoms with E-state index < -0.39 is 11.6 Å². The van der Waals surface area contributed by atoms with Gasteiger partial charge in [-0.25, -0.2) is 4.98 Å². The number of nitrogen functional groups attached to an aromatic ring is 1. The number of carbonyl (C=O) groups is 1. The first-order valence-electron chi connectivity index (χ1n) is 8.67. The Morgan fingerprint density at radius 3 is 2.68 bits per heavy atom. The molecule has 140 valence electrons. The number of aliphatic hydroxyl groups is 1. The van der Waals surface area contributed by atoms with E-state index in [0.717, 1.165) is 30.6 Å². The smallest absolute Gasteiger partial charge is 0.303 e. The van der Waals surface area contributed by atoms with Crippen LogP contribution in [0, 0.1) is 6.92 Å². The second kappa shape index (κ2) is 7.97. The molecule has 1 aliphatic heterocycles. The summed E-state index contributed by atoms with van der Waals surface area (Å²) in [5, 5.41) is 19.8. The van der Waals surface area contributed by atoms with Crippen molar-refractivity contribution in [2.24, 2.45) is 0 Å². The van der Waals surface area contributed by atoms with Crippen LogP contribution in [0.5, 0.6) is 0 Å². The van der Waals surface area contributed by atoms with Gasteiger partial charge in [0.05, 0.1) is 5.60 Å². The fourth-order valence-electron chi connectivity index (χ4n) is 3.53. The van der Waals surface area contributed by atoms with Crippen molar-refractivity contribution < 1.29 is 15.0 Å². The maximum Gasteiger partial charge on any atom is 0.303 e. The molecule has 2 rings (SSSR count). The summed E-state index contributed by atoms with van der Waals surface area (Å²) in [7, 11) is 3.91. The monoisotopic (exact) mass is 351 g/mol. The standard InChI is InChI=1S/C17H29N5O3/c1-12-13(5-6-14(23)24)15(20-16(18)19-12)22-9-4-7-17(25,8-10-22)11-21(2)3/h25H,4-11H2,1-3H3,(H,23,24)(H2,18,19,20). The Labute approximate surface area is 148 Å². The second-order valence-corrected chi connectivity index (χ2v) is 7.17. The third kappa shape index (κ3) is 5.27. The molecule has 0 amide bonds. The number of rotatable bonds is 6. The van der Waals surface area contributed by atoms with Crippen LogP contribution in [0.3, 0.4) is 0 Å². The van der Waals surface area contributed by atoms with Crippen LogP contribution >= 0.6 is 0 Å². The first kappa shape index (κ1) is 19.4. The molecule has 1 aromatic rings. The summed E-state index contributed by atoms with van der Waals surface area (Å²) in [5.41, 5.74) is 6.66. The maximum absolute atomic E-state index is 11.0. The molecule has 0 aromatic carbocycles. The largest absolute Gasteiger partial charge is 0.481 e. The van der Waals surface area contributed by atoms with Crippen LogP contribution in [0.25, 0.3) is 0 Å². The van der Waals surface area contributed by atoms with E-state index in [2.05, 4.69) is 14.9 Å². The molecule has 0 saturated carbocycles. The minimum Gasteiger partial charge on any atom is -0.481 e. The third-order valence-electron chi connectivity index (χ3n) is 4.63. The lowest BCUT2D eigenvalue weighted by Crippen LogP contribution is -2.41. The van der Waals surface area contributed by atoms with Crippen molar-refractivity contribution in [3.8, 4) is 0 Å². The van der Waals surface area contributed by atoms with E-state index in [-0.39, 0.29) is 12.4 Å². The number of aryl methyl sites for hydroxylation is 1. The Hall–Kier alpha value is -1.93. The van der Waals surface area contributed by atoms with Crippen molar-refractivity contribution in [1.82, 2.24) is 14.9 Å². The molecule has 0 bridgehead atoms. The predicted molar refractivity (Wildman–Crippen MR) is 96.7 cm³/mol. The molecular weight excluding hydrogens is 322 g/mol. The fraction of sp³-hybridized carbons (Fsp3) is 0.706. The number of likely N-dealkylation sites (N-methyl/N-ethyl adjacent to an activating group) is 1. The molecule has 4 N–H and O–H groups in total. The van der Waals surface area contributed by atoms with E-state index in [4.69, 9.17) is 10.8 Å². The van der Waals surface area contributed by atoms with Crippen molar-refractivity contribution in [1.29, 1.82) is 0 Å². The van der Waals surface area contributed by atoms with Crippen LogP contribution in [-0.2, 0) is 11.2 Å². The zero-order valence-electron chi connectivity index (χ0n) is 15.3. The van der Waals surface area contributed by atoms with E-state index in [1.165, 1.54) is 0 Å². The zero-order valence-corrected chi connectivity index (χ0v) is 15.3. The Balaban J connectivity index is 2.24. The van der Waals surface area contributed by atoms with Crippen LogP contribution in [0.1, 0.15) is 36.9 Å². The first-order chi connectivity index (χ1) is 11.7. The summed E-state index contributed by atoms with van der Waals surface area (Å²) in [4.78, 5) is 23.7. The number of nitrogens with two attached hydrogens (primary N) is 1. The van der Waals surface area contributed by atoms with Gasteiger partial charge in [0.15, 0.2) is 0 Å². The number of hydrogen-bond acceptors (Lipinski definition) is 7. The summed E-state index contributed by atoms with van der Waals surface area (Å²) in [5.74, 6) is 0.0538. The van der Waals surface area contributed by atoms with Gasteiger partial charge in [-0.05, 0) is 46.7 Å². The van der Waals surface area contributed by atoms with Crippen molar-refractivity contribution in [3.63, 3.8) is 0 Å². The van der Waals surface area contributed by atoms with Crippen LogP contribution in [-0.4, -0.2) is 70.4 Å². The number of aromatic nitrogens is 2. The quantitative estimate of drug-likeness (QED) is 0.685. The average molecular weight is 351 g/mol. The van der Waals surface area contributed by atoms with Gasteiger partial charge in [-0.3, -0.25) is 4.79 Å². The van der Waals surface area contributed by atoms with Crippen molar-refractivity contribution in [2.45, 2.75) is 44.6 Å². The van der Waals surface area contributed by atoms with Gasteiger partial charge in [-0.1, -0.05) is 0 Å². The van der Waals surface area contributed by atoms with Gasteiger partial charge in [-0.15, -0.1) is 0 Å². The molecule has 1 atom stereocenters. The molecule has 1 unspecified atom stereocenters.